The molecule has 1 aromatic carbocycles. The molecule has 0 heterocycles. The van der Waals surface area contributed by atoms with Crippen LogP contribution in [0.3, 0.4) is 0 Å². The fourth-order valence-electron chi connectivity index (χ4n) is 1.73. The van der Waals surface area contributed by atoms with Gasteiger partial charge in [0.1, 0.15) is 5.75 Å². The molecule has 2 atom stereocenters. The van der Waals surface area contributed by atoms with Crippen molar-refractivity contribution in [2.75, 3.05) is 20.3 Å². The zero-order valence-electron chi connectivity index (χ0n) is 11.9. The summed E-state index contributed by atoms with van der Waals surface area (Å²) in [7, 11) is 1.71. The highest BCUT2D eigenvalue weighted by Crippen LogP contribution is 2.25. The Morgan fingerprint density at radius 1 is 1.22 bits per heavy atom. The number of rotatable bonds is 8. The number of methoxy groups -OCH3 is 1. The lowest BCUT2D eigenvalue weighted by atomic mass is 10.1. The first kappa shape index (κ1) is 15.0. The average molecular weight is 251 g/mol. The molecule has 1 N–H and O–H groups in total. The average Bonchev–Trinajstić information content (AvgIpc) is 2.39. The van der Waals surface area contributed by atoms with E-state index in [1.54, 1.807) is 7.11 Å². The smallest absolute Gasteiger partial charge is 0.124 e. The summed E-state index contributed by atoms with van der Waals surface area (Å²) < 4.78 is 11.0. The van der Waals surface area contributed by atoms with E-state index in [1.165, 1.54) is 5.56 Å². The van der Waals surface area contributed by atoms with Gasteiger partial charge in [0.05, 0.1) is 12.7 Å². The molecule has 0 aliphatic carbocycles. The molecule has 0 aliphatic rings. The van der Waals surface area contributed by atoms with Crippen molar-refractivity contribution in [3.05, 3.63) is 29.8 Å². The largest absolute Gasteiger partial charge is 0.490 e. The van der Waals surface area contributed by atoms with Crippen LogP contribution in [0.15, 0.2) is 24.3 Å². The van der Waals surface area contributed by atoms with Crippen LogP contribution < -0.4 is 10.1 Å². The molecule has 1 aromatic rings. The Morgan fingerprint density at radius 2 is 1.94 bits per heavy atom. The fourth-order valence-corrected chi connectivity index (χ4v) is 1.73. The minimum absolute atomic E-state index is 0.248. The Bertz CT molecular complexity index is 341. The molecular formula is C15H25NO2. The molecule has 0 amide bonds. The zero-order chi connectivity index (χ0) is 13.4. The Morgan fingerprint density at radius 3 is 2.61 bits per heavy atom. The molecule has 1 rings (SSSR count). The second-order valence-electron chi connectivity index (χ2n) is 4.54. The number of hydrogen-bond donors (Lipinski definition) is 1. The molecule has 0 spiro atoms. The Balaban J connectivity index is 2.68. The first-order chi connectivity index (χ1) is 8.69. The standard InChI is InChI=1S/C15H25NO2/c1-5-12(2)18-15-9-7-6-8-14(15)13(3)16-10-11-17-4/h6-9,12-13,16H,5,10-11H2,1-4H3/t12-,13+/m0/s1. The zero-order valence-corrected chi connectivity index (χ0v) is 11.9. The minimum atomic E-state index is 0.248. The highest BCUT2D eigenvalue weighted by atomic mass is 16.5. The van der Waals surface area contributed by atoms with Crippen molar-refractivity contribution in [2.45, 2.75) is 39.3 Å². The first-order valence-electron chi connectivity index (χ1n) is 6.67. The normalized spacial score (nSPS) is 14.2. The van der Waals surface area contributed by atoms with E-state index in [4.69, 9.17) is 9.47 Å². The Kier molecular flexibility index (Phi) is 6.76. The molecular weight excluding hydrogens is 226 g/mol. The molecule has 0 saturated carbocycles. The van der Waals surface area contributed by atoms with Crippen LogP contribution in [0, 0.1) is 0 Å². The van der Waals surface area contributed by atoms with Gasteiger partial charge >= 0.3 is 0 Å². The molecule has 3 nitrogen and oxygen atoms in total. The van der Waals surface area contributed by atoms with E-state index in [9.17, 15) is 0 Å². The maximum absolute atomic E-state index is 5.95. The maximum atomic E-state index is 5.95. The third-order valence-corrected chi connectivity index (χ3v) is 3.05. The summed E-state index contributed by atoms with van der Waals surface area (Å²) in [5, 5.41) is 3.43. The summed E-state index contributed by atoms with van der Waals surface area (Å²) in [6.45, 7) is 7.94. The van der Waals surface area contributed by atoms with Crippen LogP contribution in [0.2, 0.25) is 0 Å². The SMILES string of the molecule is CC[C@H](C)Oc1ccccc1[C@@H](C)NCCOC. The maximum Gasteiger partial charge on any atom is 0.124 e. The highest BCUT2D eigenvalue weighted by Gasteiger charge is 2.12. The third kappa shape index (κ3) is 4.67. The first-order valence-corrected chi connectivity index (χ1v) is 6.67. The summed E-state index contributed by atoms with van der Waals surface area (Å²) in [5.41, 5.74) is 1.20. The number of ether oxygens (including phenoxy) is 2. The summed E-state index contributed by atoms with van der Waals surface area (Å²) in [6.07, 6.45) is 1.26. The van der Waals surface area contributed by atoms with Gasteiger partial charge in [0, 0.05) is 25.3 Å². The molecule has 102 valence electrons. The van der Waals surface area contributed by atoms with Gasteiger partial charge in [0.2, 0.25) is 0 Å². The van der Waals surface area contributed by atoms with Gasteiger partial charge in [-0.1, -0.05) is 25.1 Å². The van der Waals surface area contributed by atoms with Crippen molar-refractivity contribution in [1.82, 2.24) is 5.32 Å². The van der Waals surface area contributed by atoms with Gasteiger partial charge < -0.3 is 14.8 Å². The number of nitrogens with one attached hydrogen (secondary N) is 1. The van der Waals surface area contributed by atoms with Gasteiger partial charge in [0.15, 0.2) is 0 Å². The highest BCUT2D eigenvalue weighted by molar-refractivity contribution is 5.35. The van der Waals surface area contributed by atoms with E-state index < -0.39 is 0 Å². The number of para-hydroxylation sites is 1. The van der Waals surface area contributed by atoms with E-state index in [1.807, 2.05) is 18.2 Å². The van der Waals surface area contributed by atoms with Crippen LogP contribution in [0.1, 0.15) is 38.8 Å². The van der Waals surface area contributed by atoms with E-state index >= 15 is 0 Å². The van der Waals surface area contributed by atoms with Gasteiger partial charge in [0.25, 0.3) is 0 Å². The van der Waals surface area contributed by atoms with Crippen LogP contribution in [0.25, 0.3) is 0 Å². The summed E-state index contributed by atoms with van der Waals surface area (Å²) in [5.74, 6) is 0.976. The van der Waals surface area contributed by atoms with Crippen molar-refractivity contribution >= 4 is 0 Å². The second kappa shape index (κ2) is 8.11. The van der Waals surface area contributed by atoms with Gasteiger partial charge in [-0.25, -0.2) is 0 Å². The molecule has 0 unspecified atom stereocenters. The van der Waals surface area contributed by atoms with E-state index in [-0.39, 0.29) is 12.1 Å². The van der Waals surface area contributed by atoms with Gasteiger partial charge in [-0.2, -0.15) is 0 Å². The minimum Gasteiger partial charge on any atom is -0.490 e. The van der Waals surface area contributed by atoms with Gasteiger partial charge in [-0.15, -0.1) is 0 Å². The molecule has 0 aliphatic heterocycles. The molecule has 3 heteroatoms. The predicted octanol–water partition coefficient (Wildman–Crippen LogP) is 3.16. The Hall–Kier alpha value is -1.06. The third-order valence-electron chi connectivity index (χ3n) is 3.05. The lowest BCUT2D eigenvalue weighted by molar-refractivity contribution is 0.194. The fraction of sp³-hybridized carbons (Fsp3) is 0.600. The van der Waals surface area contributed by atoms with Crippen molar-refractivity contribution in [3.63, 3.8) is 0 Å². The molecule has 0 radical (unpaired) electrons. The molecule has 0 saturated heterocycles. The van der Waals surface area contributed by atoms with Crippen LogP contribution in [0.4, 0.5) is 0 Å². The van der Waals surface area contributed by atoms with Gasteiger partial charge in [-0.05, 0) is 26.3 Å². The molecule has 0 bridgehead atoms. The lowest BCUT2D eigenvalue weighted by Crippen LogP contribution is -2.23. The van der Waals surface area contributed by atoms with Crippen molar-refractivity contribution < 1.29 is 9.47 Å². The summed E-state index contributed by atoms with van der Waals surface area (Å²) in [4.78, 5) is 0. The number of benzene rings is 1. The van der Waals surface area contributed by atoms with Crippen LogP contribution in [0.5, 0.6) is 5.75 Å². The van der Waals surface area contributed by atoms with Crippen molar-refractivity contribution in [1.29, 1.82) is 0 Å². The summed E-state index contributed by atoms with van der Waals surface area (Å²) >= 11 is 0. The summed E-state index contributed by atoms with van der Waals surface area (Å²) in [6, 6.07) is 8.48. The molecule has 0 fully saturated rings. The monoisotopic (exact) mass is 251 g/mol. The molecule has 18 heavy (non-hydrogen) atoms. The molecule has 0 aromatic heterocycles. The van der Waals surface area contributed by atoms with Crippen molar-refractivity contribution in [2.24, 2.45) is 0 Å². The quantitative estimate of drug-likeness (QED) is 0.720. The van der Waals surface area contributed by atoms with Crippen LogP contribution in [-0.4, -0.2) is 26.4 Å². The van der Waals surface area contributed by atoms with E-state index in [0.29, 0.717) is 0 Å². The van der Waals surface area contributed by atoms with E-state index in [2.05, 4.69) is 32.2 Å². The lowest BCUT2D eigenvalue weighted by Gasteiger charge is -2.20. The second-order valence-corrected chi connectivity index (χ2v) is 4.54. The predicted molar refractivity (Wildman–Crippen MR) is 75.1 cm³/mol. The van der Waals surface area contributed by atoms with Gasteiger partial charge in [-0.3, -0.25) is 0 Å². The number of hydrogen-bond acceptors (Lipinski definition) is 3. The van der Waals surface area contributed by atoms with Crippen LogP contribution in [-0.2, 0) is 4.74 Å². The van der Waals surface area contributed by atoms with E-state index in [0.717, 1.165) is 25.3 Å². The Labute approximate surface area is 110 Å². The van der Waals surface area contributed by atoms with Crippen molar-refractivity contribution in [3.8, 4) is 5.75 Å². The van der Waals surface area contributed by atoms with Crippen LogP contribution >= 0.6 is 0 Å². The topological polar surface area (TPSA) is 30.5 Å².